The third-order valence-corrected chi connectivity index (χ3v) is 4.08. The van der Waals surface area contributed by atoms with Crippen molar-refractivity contribution < 1.29 is 22.8 Å². The monoisotopic (exact) mass is 379 g/mol. The maximum Gasteiger partial charge on any atom is 0.406 e. The number of aromatic nitrogens is 1. The SMILES string of the molecule is Cc1cc(NC(=O)C2CC(=O)N(CC(F)(F)F)C2)ncc1Br. The molecule has 0 bridgehead atoms. The maximum atomic E-state index is 12.3. The van der Waals surface area contributed by atoms with Crippen LogP contribution in [0.2, 0.25) is 0 Å². The molecule has 0 spiro atoms. The minimum absolute atomic E-state index is 0.225. The van der Waals surface area contributed by atoms with Crippen molar-refractivity contribution in [3.05, 3.63) is 22.3 Å². The number of nitrogens with zero attached hydrogens (tertiary/aromatic N) is 2. The average molecular weight is 380 g/mol. The second-order valence-corrected chi connectivity index (χ2v) is 5.95. The lowest BCUT2D eigenvalue weighted by molar-refractivity contribution is -0.157. The van der Waals surface area contributed by atoms with E-state index in [9.17, 15) is 22.8 Å². The van der Waals surface area contributed by atoms with E-state index in [2.05, 4.69) is 26.2 Å². The first-order chi connectivity index (χ1) is 10.2. The fraction of sp³-hybridized carbons (Fsp3) is 0.462. The average Bonchev–Trinajstić information content (AvgIpc) is 2.73. The number of amides is 2. The van der Waals surface area contributed by atoms with Gasteiger partial charge in [-0.3, -0.25) is 9.59 Å². The van der Waals surface area contributed by atoms with Crippen LogP contribution in [0.25, 0.3) is 0 Å². The van der Waals surface area contributed by atoms with E-state index in [-0.39, 0.29) is 13.0 Å². The Morgan fingerprint density at radius 3 is 2.82 bits per heavy atom. The Labute approximate surface area is 133 Å². The molecule has 0 aromatic carbocycles. The van der Waals surface area contributed by atoms with Crippen LogP contribution in [0.4, 0.5) is 19.0 Å². The summed E-state index contributed by atoms with van der Waals surface area (Å²) in [5, 5.41) is 2.52. The predicted octanol–water partition coefficient (Wildman–Crippen LogP) is 2.50. The van der Waals surface area contributed by atoms with Crippen LogP contribution in [0.5, 0.6) is 0 Å². The van der Waals surface area contributed by atoms with E-state index in [0.29, 0.717) is 10.7 Å². The third kappa shape index (κ3) is 4.19. The van der Waals surface area contributed by atoms with Crippen LogP contribution < -0.4 is 5.32 Å². The fourth-order valence-corrected chi connectivity index (χ4v) is 2.37. The maximum absolute atomic E-state index is 12.3. The van der Waals surface area contributed by atoms with Crippen LogP contribution in [-0.2, 0) is 9.59 Å². The number of rotatable bonds is 3. The topological polar surface area (TPSA) is 62.3 Å². The molecule has 1 aliphatic heterocycles. The lowest BCUT2D eigenvalue weighted by atomic mass is 10.1. The van der Waals surface area contributed by atoms with Gasteiger partial charge < -0.3 is 10.2 Å². The standard InChI is InChI=1S/C13H13BrF3N3O2/c1-7-2-10(18-4-9(7)14)19-12(22)8-3-11(21)20(5-8)6-13(15,16)17/h2,4,8H,3,5-6H2,1H3,(H,18,19,22). The van der Waals surface area contributed by atoms with Gasteiger partial charge in [0.15, 0.2) is 0 Å². The number of nitrogens with one attached hydrogen (secondary N) is 1. The molecule has 1 aromatic rings. The lowest BCUT2D eigenvalue weighted by Crippen LogP contribution is -2.36. The summed E-state index contributed by atoms with van der Waals surface area (Å²) in [5.74, 6) is -1.68. The molecule has 1 N–H and O–H groups in total. The highest BCUT2D eigenvalue weighted by atomic mass is 79.9. The van der Waals surface area contributed by atoms with Crippen LogP contribution in [-0.4, -0.2) is 41.0 Å². The normalized spacial score (nSPS) is 18.7. The van der Waals surface area contributed by atoms with Gasteiger partial charge in [-0.15, -0.1) is 0 Å². The Hall–Kier alpha value is -1.64. The minimum atomic E-state index is -4.47. The van der Waals surface area contributed by atoms with Gasteiger partial charge in [0.05, 0.1) is 5.92 Å². The summed E-state index contributed by atoms with van der Waals surface area (Å²) < 4.78 is 37.8. The molecule has 120 valence electrons. The number of alkyl halides is 3. The molecule has 1 saturated heterocycles. The number of hydrogen-bond acceptors (Lipinski definition) is 3. The summed E-state index contributed by atoms with van der Waals surface area (Å²) in [6, 6.07) is 1.63. The van der Waals surface area contributed by atoms with Crippen molar-refractivity contribution in [2.24, 2.45) is 5.92 Å². The molecule has 1 aliphatic rings. The second-order valence-electron chi connectivity index (χ2n) is 5.10. The summed E-state index contributed by atoms with van der Waals surface area (Å²) in [5.41, 5.74) is 0.853. The largest absolute Gasteiger partial charge is 0.406 e. The highest BCUT2D eigenvalue weighted by Gasteiger charge is 2.40. The van der Waals surface area contributed by atoms with E-state index in [0.717, 1.165) is 10.0 Å². The zero-order valence-electron chi connectivity index (χ0n) is 11.6. The molecule has 2 heterocycles. The Morgan fingerprint density at radius 1 is 1.55 bits per heavy atom. The van der Waals surface area contributed by atoms with E-state index in [4.69, 9.17) is 0 Å². The molecular formula is C13H13BrF3N3O2. The van der Waals surface area contributed by atoms with E-state index in [1.807, 2.05) is 6.92 Å². The van der Waals surface area contributed by atoms with Gasteiger partial charge in [-0.05, 0) is 34.5 Å². The summed E-state index contributed by atoms with van der Waals surface area (Å²) in [7, 11) is 0. The number of hydrogen-bond donors (Lipinski definition) is 1. The zero-order chi connectivity index (χ0) is 16.5. The van der Waals surface area contributed by atoms with Gasteiger partial charge in [0.2, 0.25) is 11.8 Å². The Balaban J connectivity index is 1.99. The highest BCUT2D eigenvalue weighted by Crippen LogP contribution is 2.25. The van der Waals surface area contributed by atoms with Crippen molar-refractivity contribution in [3.63, 3.8) is 0 Å². The molecule has 1 atom stereocenters. The van der Waals surface area contributed by atoms with E-state index < -0.39 is 30.5 Å². The van der Waals surface area contributed by atoms with Crippen molar-refractivity contribution in [2.75, 3.05) is 18.4 Å². The van der Waals surface area contributed by atoms with Crippen LogP contribution in [0.1, 0.15) is 12.0 Å². The van der Waals surface area contributed by atoms with Crippen molar-refractivity contribution in [3.8, 4) is 0 Å². The zero-order valence-corrected chi connectivity index (χ0v) is 13.2. The van der Waals surface area contributed by atoms with Crippen molar-refractivity contribution >= 4 is 33.6 Å². The van der Waals surface area contributed by atoms with Crippen molar-refractivity contribution in [2.45, 2.75) is 19.5 Å². The first-order valence-corrected chi connectivity index (χ1v) is 7.22. The van der Waals surface area contributed by atoms with Gasteiger partial charge in [-0.25, -0.2) is 4.98 Å². The lowest BCUT2D eigenvalue weighted by Gasteiger charge is -2.18. The van der Waals surface area contributed by atoms with E-state index in [1.165, 1.54) is 6.20 Å². The number of carbonyl (C=O) groups is 2. The molecule has 1 fully saturated rings. The summed E-state index contributed by atoms with van der Waals surface area (Å²) in [6.45, 7) is 0.247. The number of aryl methyl sites for hydroxylation is 1. The first-order valence-electron chi connectivity index (χ1n) is 6.43. The Bertz CT molecular complexity index is 607. The number of anilines is 1. The molecule has 1 unspecified atom stereocenters. The van der Waals surface area contributed by atoms with Crippen LogP contribution >= 0.6 is 15.9 Å². The first kappa shape index (κ1) is 16.7. The van der Waals surface area contributed by atoms with Gasteiger partial charge in [0, 0.05) is 23.6 Å². The van der Waals surface area contributed by atoms with Crippen LogP contribution in [0.15, 0.2) is 16.7 Å². The molecule has 0 radical (unpaired) electrons. The smallest absolute Gasteiger partial charge is 0.333 e. The third-order valence-electron chi connectivity index (χ3n) is 3.25. The highest BCUT2D eigenvalue weighted by molar-refractivity contribution is 9.10. The van der Waals surface area contributed by atoms with Gasteiger partial charge in [-0.1, -0.05) is 0 Å². The number of carbonyl (C=O) groups excluding carboxylic acids is 2. The molecule has 1 aromatic heterocycles. The van der Waals surface area contributed by atoms with Gasteiger partial charge >= 0.3 is 6.18 Å². The summed E-state index contributed by atoms with van der Waals surface area (Å²) in [6.07, 6.45) is -3.18. The van der Waals surface area contributed by atoms with Gasteiger partial charge in [0.25, 0.3) is 0 Å². The summed E-state index contributed by atoms with van der Waals surface area (Å²) in [4.78, 5) is 28.2. The molecule has 5 nitrogen and oxygen atoms in total. The quantitative estimate of drug-likeness (QED) is 0.877. The molecule has 0 aliphatic carbocycles. The second kappa shape index (κ2) is 6.23. The van der Waals surface area contributed by atoms with Gasteiger partial charge in [0.1, 0.15) is 12.4 Å². The fourth-order valence-electron chi connectivity index (χ4n) is 2.15. The number of halogens is 4. The van der Waals surface area contributed by atoms with Gasteiger partial charge in [-0.2, -0.15) is 13.2 Å². The number of pyridine rings is 1. The number of likely N-dealkylation sites (tertiary alicyclic amines) is 1. The van der Waals surface area contributed by atoms with Crippen LogP contribution in [0, 0.1) is 12.8 Å². The molecule has 22 heavy (non-hydrogen) atoms. The van der Waals surface area contributed by atoms with Crippen molar-refractivity contribution in [1.82, 2.24) is 9.88 Å². The molecule has 2 amide bonds. The molecular weight excluding hydrogens is 367 g/mol. The van der Waals surface area contributed by atoms with E-state index in [1.54, 1.807) is 6.07 Å². The molecule has 0 saturated carbocycles. The Kier molecular flexibility index (Phi) is 4.74. The van der Waals surface area contributed by atoms with Crippen molar-refractivity contribution in [1.29, 1.82) is 0 Å². The van der Waals surface area contributed by atoms with E-state index >= 15 is 0 Å². The van der Waals surface area contributed by atoms with Crippen LogP contribution in [0.3, 0.4) is 0 Å². The summed E-state index contributed by atoms with van der Waals surface area (Å²) >= 11 is 3.27. The minimum Gasteiger partial charge on any atom is -0.333 e. The molecule has 9 heteroatoms. The molecule has 2 rings (SSSR count). The predicted molar refractivity (Wildman–Crippen MR) is 76.0 cm³/mol. The Morgan fingerprint density at radius 2 is 2.23 bits per heavy atom.